The van der Waals surface area contributed by atoms with E-state index in [1.54, 1.807) is 5.98 Å². The van der Waals surface area contributed by atoms with Gasteiger partial charge in [-0.25, -0.2) is 4.98 Å². The maximum absolute atomic E-state index is 6.28. The second-order valence-electron chi connectivity index (χ2n) is 9.36. The average molecular weight is 563 g/mol. The Morgan fingerprint density at radius 2 is 1.20 bits per heavy atom. The van der Waals surface area contributed by atoms with Gasteiger partial charge in [-0.2, -0.15) is 0 Å². The number of hydrogen-bond acceptors (Lipinski definition) is 1. The minimum atomic E-state index is -0.371. The van der Waals surface area contributed by atoms with Crippen LogP contribution in [0.25, 0.3) is 5.57 Å². The second kappa shape index (κ2) is 13.8. The van der Waals surface area contributed by atoms with Crippen molar-refractivity contribution in [1.29, 1.82) is 0 Å². The highest BCUT2D eigenvalue weighted by Gasteiger charge is 2.37. The van der Waals surface area contributed by atoms with Crippen molar-refractivity contribution < 1.29 is 0 Å². The topological polar surface area (TPSA) is 17.8 Å². The molecule has 0 aliphatic heterocycles. The van der Waals surface area contributed by atoms with Gasteiger partial charge in [0.15, 0.2) is 0 Å². The maximum Gasteiger partial charge on any atom is 0.127 e. The van der Waals surface area contributed by atoms with Crippen molar-refractivity contribution in [2.45, 2.75) is 5.16 Å². The fraction of sp³-hybridized carbons (Fsp3) is 0.0278. The molecule has 1 heterocycles. The predicted molar refractivity (Wildman–Crippen MR) is 174 cm³/mol. The normalized spacial score (nSPS) is 10.8. The quantitative estimate of drug-likeness (QED) is 0.184. The Morgan fingerprint density at radius 3 is 1.63 bits per heavy atom. The smallest absolute Gasteiger partial charge is 0.127 e. The van der Waals surface area contributed by atoms with E-state index in [9.17, 15) is 0 Å². The van der Waals surface area contributed by atoms with Crippen LogP contribution in [0.1, 0.15) is 22.3 Å². The van der Waals surface area contributed by atoms with Gasteiger partial charge in [-0.1, -0.05) is 150 Å². The summed E-state index contributed by atoms with van der Waals surface area (Å²) in [4.78, 5) is 4.34. The van der Waals surface area contributed by atoms with E-state index in [0.29, 0.717) is 9.52 Å². The Hall–Kier alpha value is -4.38. The van der Waals surface area contributed by atoms with Crippen LogP contribution >= 0.6 is 11.6 Å². The first-order valence-electron chi connectivity index (χ1n) is 13.4. The molecule has 0 saturated heterocycles. The Morgan fingerprint density at radius 1 is 0.683 bits per heavy atom. The number of nitrogens with zero attached hydrogens (tertiary/aromatic N) is 2. The van der Waals surface area contributed by atoms with Gasteiger partial charge in [-0.15, -0.1) is 5.98 Å². The standard InChI is InChI=1S/C22H17ClN2Si.C14H11B/c23-20-12-7-13-21(16-20)26-22(25-15-14-24-17-25,18-8-3-1-4-9-18)19-10-5-2-6-11-19;15-11-14(12-7-3-1-4-8-12)13-9-5-2-6-10-13/h1-17H;1-11H. The Labute approximate surface area is 251 Å². The molecule has 0 aliphatic carbocycles. The molecule has 6 aromatic rings. The summed E-state index contributed by atoms with van der Waals surface area (Å²) in [6.07, 6.45) is 5.78. The number of halogens is 1. The molecule has 0 fully saturated rings. The van der Waals surface area contributed by atoms with Crippen molar-refractivity contribution in [3.05, 3.63) is 198 Å². The van der Waals surface area contributed by atoms with Gasteiger partial charge < -0.3 is 4.57 Å². The van der Waals surface area contributed by atoms with Crippen molar-refractivity contribution in [2.24, 2.45) is 0 Å². The predicted octanol–water partition coefficient (Wildman–Crippen LogP) is 7.56. The van der Waals surface area contributed by atoms with E-state index >= 15 is 0 Å². The summed E-state index contributed by atoms with van der Waals surface area (Å²) < 4.78 is 2.21. The number of hydrogen-bond donors (Lipinski definition) is 0. The maximum atomic E-state index is 6.28. The van der Waals surface area contributed by atoms with E-state index in [1.165, 1.54) is 16.3 Å². The van der Waals surface area contributed by atoms with Gasteiger partial charge in [-0.05, 0) is 40.0 Å². The molecular formula is C36H28BClN2Si. The van der Waals surface area contributed by atoms with Crippen molar-refractivity contribution in [3.8, 4) is 0 Å². The second-order valence-corrected chi connectivity index (χ2v) is 11.3. The Kier molecular flexibility index (Phi) is 9.48. The number of imidazole rings is 1. The largest absolute Gasteiger partial charge is 0.326 e. The lowest BCUT2D eigenvalue weighted by atomic mass is 9.92. The SMILES string of the molecule is Clc1cccc([Si]C(c2ccccc2)(c2ccccc2)n2ccnc2)c1.[B]C=C(c1ccccc1)c1ccccc1. The zero-order valence-electron chi connectivity index (χ0n) is 22.5. The first-order chi connectivity index (χ1) is 20.2. The highest BCUT2D eigenvalue weighted by molar-refractivity contribution is 6.58. The molecule has 196 valence electrons. The van der Waals surface area contributed by atoms with Crippen LogP contribution in [-0.4, -0.2) is 26.9 Å². The van der Waals surface area contributed by atoms with Crippen LogP contribution in [0.4, 0.5) is 0 Å². The summed E-state index contributed by atoms with van der Waals surface area (Å²) in [5.41, 5.74) is 5.80. The zero-order chi connectivity index (χ0) is 28.3. The van der Waals surface area contributed by atoms with Crippen LogP contribution in [0.3, 0.4) is 0 Å². The summed E-state index contributed by atoms with van der Waals surface area (Å²) in [5, 5.41) is 1.60. The highest BCUT2D eigenvalue weighted by atomic mass is 35.5. The van der Waals surface area contributed by atoms with Crippen LogP contribution in [0.15, 0.2) is 170 Å². The Bertz CT molecular complexity index is 1580. The Balaban J connectivity index is 0.000000191. The van der Waals surface area contributed by atoms with Crippen LogP contribution in [0.2, 0.25) is 5.02 Å². The lowest BCUT2D eigenvalue weighted by Gasteiger charge is -2.36. The fourth-order valence-electron chi connectivity index (χ4n) is 4.86. The number of benzene rings is 5. The van der Waals surface area contributed by atoms with Crippen molar-refractivity contribution in [1.82, 2.24) is 9.55 Å². The summed E-state index contributed by atoms with van der Waals surface area (Å²) in [6.45, 7) is 0. The molecule has 5 heteroatoms. The van der Waals surface area contributed by atoms with Crippen LogP contribution in [0.5, 0.6) is 0 Å². The monoisotopic (exact) mass is 562 g/mol. The van der Waals surface area contributed by atoms with Crippen molar-refractivity contribution >= 4 is 39.7 Å². The molecule has 0 spiro atoms. The van der Waals surface area contributed by atoms with Gasteiger partial charge in [0.1, 0.15) is 17.4 Å². The summed E-state index contributed by atoms with van der Waals surface area (Å²) in [5.74, 6) is 1.66. The lowest BCUT2D eigenvalue weighted by Crippen LogP contribution is -2.46. The van der Waals surface area contributed by atoms with Crippen LogP contribution < -0.4 is 5.19 Å². The third-order valence-corrected chi connectivity index (χ3v) is 8.79. The molecule has 0 bridgehead atoms. The van der Waals surface area contributed by atoms with Crippen molar-refractivity contribution in [3.63, 3.8) is 0 Å². The first kappa shape index (κ1) is 28.2. The molecule has 6 rings (SSSR count). The molecule has 1 aromatic heterocycles. The van der Waals surface area contributed by atoms with Gasteiger partial charge in [0.25, 0.3) is 0 Å². The van der Waals surface area contributed by atoms with Gasteiger partial charge in [0.2, 0.25) is 0 Å². The van der Waals surface area contributed by atoms with Crippen molar-refractivity contribution in [2.75, 3.05) is 0 Å². The summed E-state index contributed by atoms with van der Waals surface area (Å²) in [7, 11) is 6.12. The molecule has 0 amide bonds. The summed E-state index contributed by atoms with van der Waals surface area (Å²) >= 11 is 6.28. The van der Waals surface area contributed by atoms with Gasteiger partial charge in [0.05, 0.1) is 11.5 Å². The van der Waals surface area contributed by atoms with Crippen LogP contribution in [-0.2, 0) is 5.16 Å². The molecule has 0 N–H and O–H groups in total. The lowest BCUT2D eigenvalue weighted by molar-refractivity contribution is 0.596. The molecule has 0 aliphatic rings. The van der Waals surface area contributed by atoms with E-state index in [0.717, 1.165) is 21.7 Å². The molecule has 0 atom stereocenters. The third kappa shape index (κ3) is 6.68. The molecule has 2 nitrogen and oxygen atoms in total. The molecule has 0 unspecified atom stereocenters. The van der Waals surface area contributed by atoms with Gasteiger partial charge >= 0.3 is 0 Å². The molecular weight excluding hydrogens is 535 g/mol. The fourth-order valence-corrected chi connectivity index (χ4v) is 6.85. The molecule has 5 aromatic carbocycles. The van der Waals surface area contributed by atoms with E-state index < -0.39 is 0 Å². The minimum Gasteiger partial charge on any atom is -0.326 e. The first-order valence-corrected chi connectivity index (χ1v) is 14.7. The molecule has 4 radical (unpaired) electrons. The van der Waals surface area contributed by atoms with Gasteiger partial charge in [-0.3, -0.25) is 0 Å². The highest BCUT2D eigenvalue weighted by Crippen LogP contribution is 2.33. The summed E-state index contributed by atoms with van der Waals surface area (Å²) in [6, 6.07) is 49.6. The van der Waals surface area contributed by atoms with Crippen LogP contribution in [0, 0.1) is 0 Å². The average Bonchev–Trinajstić information content (AvgIpc) is 3.58. The zero-order valence-corrected chi connectivity index (χ0v) is 24.3. The molecule has 41 heavy (non-hydrogen) atoms. The van der Waals surface area contributed by atoms with E-state index in [2.05, 4.69) is 107 Å². The minimum absolute atomic E-state index is 0.371. The third-order valence-electron chi connectivity index (χ3n) is 6.76. The van der Waals surface area contributed by atoms with E-state index in [-0.39, 0.29) is 5.16 Å². The van der Waals surface area contributed by atoms with E-state index in [1.807, 2.05) is 67.3 Å². The van der Waals surface area contributed by atoms with E-state index in [4.69, 9.17) is 19.4 Å². The number of aromatic nitrogens is 2. The van der Waals surface area contributed by atoms with Gasteiger partial charge in [0, 0.05) is 17.4 Å². The molecule has 0 saturated carbocycles. The number of rotatable bonds is 7.